The van der Waals surface area contributed by atoms with Crippen LogP contribution in [-0.2, 0) is 13.1 Å². The Balaban J connectivity index is 1.91. The maximum Gasteiger partial charge on any atom is 0.161 e. The summed E-state index contributed by atoms with van der Waals surface area (Å²) in [5.74, 6) is 1.41. The molecule has 2 rings (SSSR count). The zero-order valence-corrected chi connectivity index (χ0v) is 14.5. The van der Waals surface area contributed by atoms with Crippen LogP contribution >= 0.6 is 11.6 Å². The molecule has 0 fully saturated rings. The summed E-state index contributed by atoms with van der Waals surface area (Å²) in [6.45, 7) is 1.96. The smallest absolute Gasteiger partial charge is 0.161 e. The Bertz CT molecular complexity index is 698. The summed E-state index contributed by atoms with van der Waals surface area (Å²) < 4.78 is 11.0. The normalized spacial score (nSPS) is 10.2. The number of unbranched alkanes of at least 4 members (excludes halogenated alkanes) is 1. The van der Waals surface area contributed by atoms with Crippen molar-refractivity contribution in [3.8, 4) is 17.6 Å². The van der Waals surface area contributed by atoms with Crippen molar-refractivity contribution in [2.75, 3.05) is 13.7 Å². The van der Waals surface area contributed by atoms with Gasteiger partial charge in [0.15, 0.2) is 11.5 Å². The van der Waals surface area contributed by atoms with Gasteiger partial charge in [0.2, 0.25) is 0 Å². The molecule has 0 saturated heterocycles. The van der Waals surface area contributed by atoms with Gasteiger partial charge in [-0.25, -0.2) is 0 Å². The lowest BCUT2D eigenvalue weighted by molar-refractivity contribution is 0.290. The van der Waals surface area contributed by atoms with Gasteiger partial charge in [-0.2, -0.15) is 5.26 Å². The van der Waals surface area contributed by atoms with E-state index in [9.17, 15) is 0 Å². The molecule has 5 heteroatoms. The minimum absolute atomic E-state index is 0.489. The van der Waals surface area contributed by atoms with E-state index in [4.69, 9.17) is 26.3 Å². The second-order valence-electron chi connectivity index (χ2n) is 5.33. The van der Waals surface area contributed by atoms with Gasteiger partial charge in [0.25, 0.3) is 0 Å². The van der Waals surface area contributed by atoms with E-state index in [1.54, 1.807) is 7.11 Å². The molecular formula is C19H21ClN2O2. The Labute approximate surface area is 148 Å². The van der Waals surface area contributed by atoms with Gasteiger partial charge < -0.3 is 14.8 Å². The summed E-state index contributed by atoms with van der Waals surface area (Å²) >= 11 is 5.99. The molecule has 126 valence electrons. The second-order valence-corrected chi connectivity index (χ2v) is 5.77. The molecule has 0 heterocycles. The second kappa shape index (κ2) is 9.82. The number of methoxy groups -OCH3 is 1. The zero-order chi connectivity index (χ0) is 17.2. The number of nitrogens with zero attached hydrogens (tertiary/aromatic N) is 1. The van der Waals surface area contributed by atoms with Crippen LogP contribution in [0.2, 0.25) is 5.02 Å². The van der Waals surface area contributed by atoms with Crippen molar-refractivity contribution in [1.29, 1.82) is 5.26 Å². The first-order chi connectivity index (χ1) is 11.7. The summed E-state index contributed by atoms with van der Waals surface area (Å²) in [5, 5.41) is 12.7. The molecule has 0 unspecified atom stereocenters. The highest BCUT2D eigenvalue weighted by atomic mass is 35.5. The molecule has 4 nitrogen and oxygen atoms in total. The molecule has 2 aromatic carbocycles. The third kappa shape index (κ3) is 5.77. The summed E-state index contributed by atoms with van der Waals surface area (Å²) in [7, 11) is 1.62. The molecule has 0 saturated carbocycles. The molecule has 24 heavy (non-hydrogen) atoms. The number of benzene rings is 2. The number of hydrogen-bond donors (Lipinski definition) is 1. The number of rotatable bonds is 9. The third-order valence-corrected chi connectivity index (χ3v) is 3.70. The predicted molar refractivity (Wildman–Crippen MR) is 95.3 cm³/mol. The molecule has 0 spiro atoms. The Morgan fingerprint density at radius 3 is 2.58 bits per heavy atom. The molecule has 1 N–H and O–H groups in total. The largest absolute Gasteiger partial charge is 0.493 e. The Morgan fingerprint density at radius 2 is 1.88 bits per heavy atom. The van der Waals surface area contributed by atoms with Gasteiger partial charge in [0.1, 0.15) is 0 Å². The number of ether oxygens (including phenoxy) is 2. The van der Waals surface area contributed by atoms with E-state index in [0.717, 1.165) is 22.7 Å². The van der Waals surface area contributed by atoms with Crippen molar-refractivity contribution in [3.63, 3.8) is 0 Å². The number of hydrogen-bond acceptors (Lipinski definition) is 4. The molecule has 2 aromatic rings. The first kappa shape index (κ1) is 18.1. The number of nitrogens with one attached hydrogen (secondary N) is 1. The van der Waals surface area contributed by atoms with E-state index in [2.05, 4.69) is 11.4 Å². The van der Waals surface area contributed by atoms with Crippen LogP contribution in [0, 0.1) is 11.3 Å². The van der Waals surface area contributed by atoms with Crippen molar-refractivity contribution in [3.05, 3.63) is 58.6 Å². The minimum Gasteiger partial charge on any atom is -0.493 e. The Kier molecular flexibility index (Phi) is 7.41. The van der Waals surface area contributed by atoms with Crippen molar-refractivity contribution in [2.24, 2.45) is 0 Å². The van der Waals surface area contributed by atoms with Gasteiger partial charge in [0, 0.05) is 24.5 Å². The first-order valence-electron chi connectivity index (χ1n) is 7.84. The Morgan fingerprint density at radius 1 is 1.08 bits per heavy atom. The average molecular weight is 345 g/mol. The highest BCUT2D eigenvalue weighted by Gasteiger charge is 2.06. The highest BCUT2D eigenvalue weighted by molar-refractivity contribution is 6.30. The maximum atomic E-state index is 8.57. The van der Waals surface area contributed by atoms with Crippen molar-refractivity contribution in [2.45, 2.75) is 25.9 Å². The van der Waals surface area contributed by atoms with E-state index < -0.39 is 0 Å². The molecule has 0 aliphatic rings. The predicted octanol–water partition coefficient (Wildman–Crippen LogP) is 4.32. The van der Waals surface area contributed by atoms with Crippen molar-refractivity contribution >= 4 is 11.6 Å². The van der Waals surface area contributed by atoms with Gasteiger partial charge >= 0.3 is 0 Å². The fourth-order valence-corrected chi connectivity index (χ4v) is 2.49. The maximum absolute atomic E-state index is 8.57. The highest BCUT2D eigenvalue weighted by Crippen LogP contribution is 2.28. The molecular weight excluding hydrogens is 324 g/mol. The fourth-order valence-electron chi connectivity index (χ4n) is 2.28. The summed E-state index contributed by atoms with van der Waals surface area (Å²) in [6, 6.07) is 15.8. The fraction of sp³-hybridized carbons (Fsp3) is 0.316. The molecule has 0 bridgehead atoms. The number of nitriles is 1. The summed E-state index contributed by atoms with van der Waals surface area (Å²) in [5.41, 5.74) is 2.25. The summed E-state index contributed by atoms with van der Waals surface area (Å²) in [4.78, 5) is 0. The zero-order valence-electron chi connectivity index (χ0n) is 13.7. The van der Waals surface area contributed by atoms with Gasteiger partial charge in [-0.15, -0.1) is 0 Å². The van der Waals surface area contributed by atoms with E-state index >= 15 is 0 Å². The van der Waals surface area contributed by atoms with Crippen molar-refractivity contribution in [1.82, 2.24) is 5.32 Å². The lowest BCUT2D eigenvalue weighted by atomic mass is 10.2. The van der Waals surface area contributed by atoms with Crippen LogP contribution in [0.3, 0.4) is 0 Å². The van der Waals surface area contributed by atoms with Crippen LogP contribution in [0.25, 0.3) is 0 Å². The topological polar surface area (TPSA) is 54.3 Å². The van der Waals surface area contributed by atoms with E-state index in [1.807, 2.05) is 42.5 Å². The molecule has 0 amide bonds. The van der Waals surface area contributed by atoms with Crippen LogP contribution in [0.1, 0.15) is 24.0 Å². The van der Waals surface area contributed by atoms with Crippen LogP contribution in [0.5, 0.6) is 11.5 Å². The van der Waals surface area contributed by atoms with Gasteiger partial charge in [-0.3, -0.25) is 0 Å². The van der Waals surface area contributed by atoms with Crippen LogP contribution in [0.15, 0.2) is 42.5 Å². The molecule has 0 aromatic heterocycles. The van der Waals surface area contributed by atoms with Crippen LogP contribution in [0.4, 0.5) is 0 Å². The van der Waals surface area contributed by atoms with E-state index in [1.165, 1.54) is 0 Å². The first-order valence-corrected chi connectivity index (χ1v) is 8.22. The van der Waals surface area contributed by atoms with Gasteiger partial charge in [0.05, 0.1) is 19.8 Å². The number of halogens is 1. The summed E-state index contributed by atoms with van der Waals surface area (Å²) in [6.07, 6.45) is 1.19. The molecule has 0 radical (unpaired) electrons. The third-order valence-electron chi connectivity index (χ3n) is 3.47. The van der Waals surface area contributed by atoms with Crippen LogP contribution < -0.4 is 14.8 Å². The lowest BCUT2D eigenvalue weighted by Crippen LogP contribution is -2.12. The monoisotopic (exact) mass is 344 g/mol. The molecule has 0 atom stereocenters. The van der Waals surface area contributed by atoms with E-state index in [-0.39, 0.29) is 0 Å². The molecule has 0 aliphatic carbocycles. The SMILES string of the molecule is COc1ccc(CNCc2cccc(Cl)c2)cc1OCCCC#N. The Hall–Kier alpha value is -2.22. The van der Waals surface area contributed by atoms with E-state index in [0.29, 0.717) is 37.5 Å². The van der Waals surface area contributed by atoms with Crippen LogP contribution in [-0.4, -0.2) is 13.7 Å². The average Bonchev–Trinajstić information content (AvgIpc) is 2.59. The quantitative estimate of drug-likeness (QED) is 0.688. The van der Waals surface area contributed by atoms with Crippen molar-refractivity contribution < 1.29 is 9.47 Å². The van der Waals surface area contributed by atoms with Gasteiger partial charge in [-0.05, 0) is 41.8 Å². The molecule has 0 aliphatic heterocycles. The lowest BCUT2D eigenvalue weighted by Gasteiger charge is -2.12. The van der Waals surface area contributed by atoms with Gasteiger partial charge in [-0.1, -0.05) is 29.8 Å². The minimum atomic E-state index is 0.489. The standard InChI is InChI=1S/C19H21ClN2O2/c1-23-18-8-7-16(12-19(18)24-10-3-2-9-21)14-22-13-15-5-4-6-17(20)11-15/h4-8,11-12,22H,2-3,10,13-14H2,1H3.